The van der Waals surface area contributed by atoms with Crippen LogP contribution < -0.4 is 9.64 Å². The minimum atomic E-state index is -0.266. The molecule has 0 spiro atoms. The molecule has 0 radical (unpaired) electrons. The number of nitrogens with zero attached hydrogens (tertiary/aromatic N) is 3. The maximum absolute atomic E-state index is 13.2. The van der Waals surface area contributed by atoms with E-state index in [1.165, 1.54) is 11.3 Å². The monoisotopic (exact) mass is 481 g/mol. The highest BCUT2D eigenvalue weighted by Crippen LogP contribution is 2.32. The number of anilines is 1. The fraction of sp³-hybridized carbons (Fsp3) is 0.240. The molecule has 2 aromatic heterocycles. The molecule has 2 aromatic carbocycles. The Hall–Kier alpha value is -3.16. The van der Waals surface area contributed by atoms with Crippen LogP contribution in [0.5, 0.6) is 5.88 Å². The third-order valence-corrected chi connectivity index (χ3v) is 6.56. The van der Waals surface area contributed by atoms with Gasteiger partial charge in [-0.3, -0.25) is 9.69 Å². The lowest BCUT2D eigenvalue weighted by molar-refractivity contribution is -0.122. The maximum atomic E-state index is 13.2. The minimum Gasteiger partial charge on any atom is -0.471 e. The van der Waals surface area contributed by atoms with E-state index in [4.69, 9.17) is 20.9 Å². The topological polar surface area (TPSA) is 68.5 Å². The third-order valence-electron chi connectivity index (χ3n) is 5.32. The minimum absolute atomic E-state index is 0.0271. The molecule has 0 N–H and O–H groups in total. The van der Waals surface area contributed by atoms with Gasteiger partial charge in [-0.2, -0.15) is 0 Å². The Labute approximate surface area is 201 Å². The molecule has 0 saturated carbocycles. The second-order valence-corrected chi connectivity index (χ2v) is 8.85. The van der Waals surface area contributed by atoms with Gasteiger partial charge in [-0.1, -0.05) is 67.1 Å². The zero-order valence-electron chi connectivity index (χ0n) is 18.4. The van der Waals surface area contributed by atoms with Gasteiger partial charge < -0.3 is 9.26 Å². The van der Waals surface area contributed by atoms with Crippen LogP contribution >= 0.6 is 22.9 Å². The number of halogens is 1. The summed E-state index contributed by atoms with van der Waals surface area (Å²) in [6, 6.07) is 19.1. The Kier molecular flexibility index (Phi) is 7.42. The predicted molar refractivity (Wildman–Crippen MR) is 131 cm³/mol. The summed E-state index contributed by atoms with van der Waals surface area (Å²) in [6.07, 6.45) is 1.09. The predicted octanol–water partition coefficient (Wildman–Crippen LogP) is 6.26. The molecule has 4 aromatic rings. The van der Waals surface area contributed by atoms with Gasteiger partial charge in [-0.15, -0.1) is 11.3 Å². The van der Waals surface area contributed by atoms with Gasteiger partial charge in [-0.05, 0) is 23.2 Å². The normalized spacial score (nSPS) is 11.8. The van der Waals surface area contributed by atoms with E-state index < -0.39 is 0 Å². The molecule has 0 fully saturated rings. The molecule has 0 unspecified atom stereocenters. The van der Waals surface area contributed by atoms with Gasteiger partial charge >= 0.3 is 0 Å². The van der Waals surface area contributed by atoms with Crippen LogP contribution in [0.3, 0.4) is 0 Å². The molecule has 33 heavy (non-hydrogen) atoms. The van der Waals surface area contributed by atoms with Crippen molar-refractivity contribution in [2.75, 3.05) is 11.9 Å². The molecule has 170 valence electrons. The van der Waals surface area contributed by atoms with Gasteiger partial charge in [-0.25, -0.2) is 4.98 Å². The van der Waals surface area contributed by atoms with Crippen LogP contribution in [0.2, 0.25) is 5.02 Å². The first-order chi connectivity index (χ1) is 16.0. The molecule has 1 atom stereocenters. The number of ether oxygens (including phenoxy) is 1. The van der Waals surface area contributed by atoms with Gasteiger partial charge in [0.15, 0.2) is 5.13 Å². The summed E-state index contributed by atoms with van der Waals surface area (Å²) in [5.74, 6) is 0.731. The van der Waals surface area contributed by atoms with Gasteiger partial charge in [0.2, 0.25) is 5.91 Å². The average molecular weight is 482 g/mol. The smallest absolute Gasteiger partial charge is 0.254 e. The summed E-state index contributed by atoms with van der Waals surface area (Å²) in [5.41, 5.74) is 2.65. The Morgan fingerprint density at radius 3 is 2.70 bits per heavy atom. The number of carbonyl (C=O) groups is 1. The molecule has 6 nitrogen and oxygen atoms in total. The molecule has 8 heteroatoms. The van der Waals surface area contributed by atoms with Gasteiger partial charge in [0, 0.05) is 41.4 Å². The first kappa shape index (κ1) is 23.0. The molecule has 2 heterocycles. The highest BCUT2D eigenvalue weighted by atomic mass is 35.5. The van der Waals surface area contributed by atoms with Crippen molar-refractivity contribution in [1.82, 2.24) is 10.1 Å². The van der Waals surface area contributed by atoms with E-state index in [0.29, 0.717) is 41.2 Å². The zero-order valence-corrected chi connectivity index (χ0v) is 20.0. The lowest BCUT2D eigenvalue weighted by atomic mass is 9.99. The van der Waals surface area contributed by atoms with Gasteiger partial charge in [0.05, 0.1) is 5.69 Å². The molecule has 0 aliphatic rings. The number of rotatable bonds is 9. The number of carbonyl (C=O) groups excluding carboxylic acids is 1. The lowest BCUT2D eigenvalue weighted by Gasteiger charge is -2.20. The number of thiazole rings is 1. The molecule has 0 aliphatic heterocycles. The SMILES string of the molecule is CC[C@H](Cc1cc(OCc2ccccc2)no1)C(=O)N(C)c1nc(-c2ccccc2Cl)cs1. The van der Waals surface area contributed by atoms with E-state index >= 15 is 0 Å². The fourth-order valence-corrected chi connectivity index (χ4v) is 4.45. The van der Waals surface area contributed by atoms with Crippen LogP contribution in [0.1, 0.15) is 24.7 Å². The second-order valence-electron chi connectivity index (χ2n) is 7.61. The number of benzene rings is 2. The van der Waals surface area contributed by atoms with E-state index in [9.17, 15) is 4.79 Å². The van der Waals surface area contributed by atoms with E-state index in [2.05, 4.69) is 10.1 Å². The summed E-state index contributed by atoms with van der Waals surface area (Å²) < 4.78 is 11.1. The summed E-state index contributed by atoms with van der Waals surface area (Å²) in [6.45, 7) is 2.39. The van der Waals surface area contributed by atoms with Crippen LogP contribution in [-0.4, -0.2) is 23.1 Å². The maximum Gasteiger partial charge on any atom is 0.254 e. The quantitative estimate of drug-likeness (QED) is 0.282. The van der Waals surface area contributed by atoms with Crippen LogP contribution in [0.15, 0.2) is 70.6 Å². The van der Waals surface area contributed by atoms with Crippen LogP contribution in [0, 0.1) is 5.92 Å². The summed E-state index contributed by atoms with van der Waals surface area (Å²) >= 11 is 7.70. The summed E-state index contributed by atoms with van der Waals surface area (Å²) in [4.78, 5) is 19.4. The van der Waals surface area contributed by atoms with Crippen LogP contribution in [0.25, 0.3) is 11.3 Å². The molecular weight excluding hydrogens is 458 g/mol. The number of hydrogen-bond donors (Lipinski definition) is 0. The van der Waals surface area contributed by atoms with Gasteiger partial charge in [0.1, 0.15) is 12.4 Å². The second kappa shape index (κ2) is 10.6. The molecule has 1 amide bonds. The standard InChI is InChI=1S/C25H24ClN3O3S/c1-3-18(13-19-14-23(28-32-19)31-15-17-9-5-4-6-10-17)24(30)29(2)25-27-22(16-33-25)20-11-7-8-12-21(20)26/h4-12,14,16,18H,3,13,15H2,1-2H3/t18-/m1/s1. The largest absolute Gasteiger partial charge is 0.471 e. The number of amides is 1. The van der Waals surface area contributed by atoms with Crippen LogP contribution in [0.4, 0.5) is 5.13 Å². The van der Waals surface area contributed by atoms with Crippen molar-refractivity contribution in [2.45, 2.75) is 26.4 Å². The first-order valence-electron chi connectivity index (χ1n) is 10.7. The van der Waals surface area contributed by atoms with Gasteiger partial charge in [0.25, 0.3) is 5.88 Å². The zero-order chi connectivity index (χ0) is 23.2. The highest BCUT2D eigenvalue weighted by molar-refractivity contribution is 7.14. The lowest BCUT2D eigenvalue weighted by Crippen LogP contribution is -2.33. The van der Waals surface area contributed by atoms with Crippen molar-refractivity contribution >= 4 is 34.0 Å². The van der Waals surface area contributed by atoms with E-state index in [1.54, 1.807) is 18.0 Å². The third kappa shape index (κ3) is 5.61. The average Bonchev–Trinajstić information content (AvgIpc) is 3.51. The molecule has 0 aliphatic carbocycles. The van der Waals surface area contributed by atoms with Crippen molar-refractivity contribution < 1.29 is 14.1 Å². The van der Waals surface area contributed by atoms with Crippen molar-refractivity contribution in [3.8, 4) is 17.1 Å². The molecule has 0 saturated heterocycles. The van der Waals surface area contributed by atoms with Crippen LogP contribution in [-0.2, 0) is 17.8 Å². The Balaban J connectivity index is 1.39. The van der Waals surface area contributed by atoms with E-state index in [0.717, 1.165) is 16.8 Å². The number of aromatic nitrogens is 2. The summed E-state index contributed by atoms with van der Waals surface area (Å²) in [5, 5.41) is 7.14. The highest BCUT2D eigenvalue weighted by Gasteiger charge is 2.25. The Bertz CT molecular complexity index is 1210. The molecule has 4 rings (SSSR count). The molecule has 0 bridgehead atoms. The van der Waals surface area contributed by atoms with E-state index in [1.807, 2.05) is 66.9 Å². The summed E-state index contributed by atoms with van der Waals surface area (Å²) in [7, 11) is 1.75. The van der Waals surface area contributed by atoms with Crippen molar-refractivity contribution in [3.63, 3.8) is 0 Å². The van der Waals surface area contributed by atoms with Crippen molar-refractivity contribution in [3.05, 3.63) is 82.4 Å². The van der Waals surface area contributed by atoms with E-state index in [-0.39, 0.29) is 11.8 Å². The fourth-order valence-electron chi connectivity index (χ4n) is 3.42. The van der Waals surface area contributed by atoms with Crippen molar-refractivity contribution in [2.24, 2.45) is 5.92 Å². The van der Waals surface area contributed by atoms with Crippen molar-refractivity contribution in [1.29, 1.82) is 0 Å². The Morgan fingerprint density at radius 1 is 1.18 bits per heavy atom. The molecular formula is C25H24ClN3O3S. The first-order valence-corrected chi connectivity index (χ1v) is 11.9. The Morgan fingerprint density at radius 2 is 1.94 bits per heavy atom. The number of hydrogen-bond acceptors (Lipinski definition) is 6.